The number of rotatable bonds is 1. The third kappa shape index (κ3) is 1.61. The van der Waals surface area contributed by atoms with E-state index < -0.39 is 5.82 Å². The van der Waals surface area contributed by atoms with Crippen LogP contribution in [0.4, 0.5) is 4.39 Å². The van der Waals surface area contributed by atoms with Crippen LogP contribution in [0.1, 0.15) is 30.0 Å². The minimum absolute atomic E-state index is 0.135. The number of benzene rings is 1. The molecule has 1 N–H and O–H groups in total. The summed E-state index contributed by atoms with van der Waals surface area (Å²) in [6.07, 6.45) is 2.21. The molecule has 0 unspecified atom stereocenters. The van der Waals surface area contributed by atoms with Crippen LogP contribution >= 0.6 is 0 Å². The fraction of sp³-hybridized carbons (Fsp3) is 0.364. The Hall–Kier alpha value is -1.40. The normalized spacial score (nSPS) is 20.7. The Kier molecular flexibility index (Phi) is 2.47. The van der Waals surface area contributed by atoms with Crippen LogP contribution in [0.3, 0.4) is 0 Å². The van der Waals surface area contributed by atoms with Gasteiger partial charge in [0.1, 0.15) is 11.9 Å². The summed E-state index contributed by atoms with van der Waals surface area (Å²) in [6, 6.07) is 6.91. The number of nitrogens with zero attached hydrogens (tertiary/aromatic N) is 1. The molecule has 3 heteroatoms. The van der Waals surface area contributed by atoms with E-state index in [1.54, 1.807) is 12.1 Å². The summed E-state index contributed by atoms with van der Waals surface area (Å²) in [6.45, 7) is 1.00. The average molecular weight is 190 g/mol. The second-order valence-electron chi connectivity index (χ2n) is 3.50. The van der Waals surface area contributed by atoms with Crippen molar-refractivity contribution in [1.82, 2.24) is 5.32 Å². The Morgan fingerprint density at radius 1 is 1.50 bits per heavy atom. The Balaban J connectivity index is 2.31. The smallest absolute Gasteiger partial charge is 0.140 e. The molecular weight excluding hydrogens is 179 g/mol. The van der Waals surface area contributed by atoms with Crippen molar-refractivity contribution in [3.63, 3.8) is 0 Å². The predicted molar refractivity (Wildman–Crippen MR) is 51.1 cm³/mol. The van der Waals surface area contributed by atoms with Gasteiger partial charge >= 0.3 is 0 Å². The summed E-state index contributed by atoms with van der Waals surface area (Å²) in [7, 11) is 0. The van der Waals surface area contributed by atoms with Crippen molar-refractivity contribution >= 4 is 0 Å². The number of nitriles is 1. The summed E-state index contributed by atoms with van der Waals surface area (Å²) in [5, 5.41) is 12.0. The number of halogens is 1. The molecule has 0 amide bonds. The van der Waals surface area contributed by atoms with Crippen LogP contribution < -0.4 is 5.32 Å². The first-order valence-corrected chi connectivity index (χ1v) is 4.74. The number of hydrogen-bond donors (Lipinski definition) is 1. The van der Waals surface area contributed by atoms with Crippen LogP contribution in [0.25, 0.3) is 0 Å². The lowest BCUT2D eigenvalue weighted by molar-refractivity contribution is 0.614. The van der Waals surface area contributed by atoms with E-state index in [-0.39, 0.29) is 5.56 Å². The third-order valence-electron chi connectivity index (χ3n) is 2.57. The van der Waals surface area contributed by atoms with E-state index in [0.29, 0.717) is 6.04 Å². The Labute approximate surface area is 82.4 Å². The zero-order valence-corrected chi connectivity index (χ0v) is 7.76. The quantitative estimate of drug-likeness (QED) is 0.736. The molecule has 1 aliphatic rings. The first kappa shape index (κ1) is 9.17. The molecule has 0 radical (unpaired) electrons. The van der Waals surface area contributed by atoms with E-state index in [1.165, 1.54) is 6.07 Å². The Morgan fingerprint density at radius 2 is 2.36 bits per heavy atom. The van der Waals surface area contributed by atoms with Gasteiger partial charge in [-0.05, 0) is 37.1 Å². The molecule has 2 nitrogen and oxygen atoms in total. The van der Waals surface area contributed by atoms with Gasteiger partial charge in [-0.15, -0.1) is 0 Å². The van der Waals surface area contributed by atoms with Crippen molar-refractivity contribution in [3.8, 4) is 6.07 Å². The highest BCUT2D eigenvalue weighted by atomic mass is 19.1. The van der Waals surface area contributed by atoms with Gasteiger partial charge in [0, 0.05) is 6.04 Å². The van der Waals surface area contributed by atoms with Crippen LogP contribution in [0.15, 0.2) is 18.2 Å². The van der Waals surface area contributed by atoms with Gasteiger partial charge in [0.2, 0.25) is 0 Å². The van der Waals surface area contributed by atoms with E-state index in [0.717, 1.165) is 24.9 Å². The summed E-state index contributed by atoms with van der Waals surface area (Å²) < 4.78 is 13.0. The van der Waals surface area contributed by atoms with Crippen molar-refractivity contribution in [2.45, 2.75) is 18.9 Å². The van der Waals surface area contributed by atoms with Gasteiger partial charge < -0.3 is 5.32 Å². The average Bonchev–Trinajstić information content (AvgIpc) is 2.71. The molecule has 0 bridgehead atoms. The van der Waals surface area contributed by atoms with Crippen LogP contribution in [0.2, 0.25) is 0 Å². The molecule has 1 aromatic rings. The lowest BCUT2D eigenvalue weighted by Crippen LogP contribution is -2.13. The summed E-state index contributed by atoms with van der Waals surface area (Å²) in [5.41, 5.74) is 1.15. The monoisotopic (exact) mass is 190 g/mol. The molecule has 0 aromatic heterocycles. The molecule has 0 spiro atoms. The van der Waals surface area contributed by atoms with Gasteiger partial charge in [-0.25, -0.2) is 4.39 Å². The maximum atomic E-state index is 13.0. The minimum Gasteiger partial charge on any atom is -0.310 e. The molecule has 1 atom stereocenters. The number of nitrogens with one attached hydrogen (secondary N) is 1. The van der Waals surface area contributed by atoms with Crippen LogP contribution in [-0.4, -0.2) is 6.54 Å². The van der Waals surface area contributed by atoms with Crippen molar-refractivity contribution in [3.05, 3.63) is 35.1 Å². The highest BCUT2D eigenvalue weighted by Gasteiger charge is 2.17. The van der Waals surface area contributed by atoms with E-state index in [1.807, 2.05) is 6.07 Å². The molecule has 14 heavy (non-hydrogen) atoms. The molecule has 1 aromatic carbocycles. The van der Waals surface area contributed by atoms with Crippen LogP contribution in [0, 0.1) is 17.1 Å². The van der Waals surface area contributed by atoms with Gasteiger partial charge in [-0.3, -0.25) is 0 Å². The molecule has 1 aliphatic heterocycles. The molecule has 1 fully saturated rings. The predicted octanol–water partition coefficient (Wildman–Crippen LogP) is 2.12. The molecule has 1 saturated heterocycles. The third-order valence-corrected chi connectivity index (χ3v) is 2.57. The van der Waals surface area contributed by atoms with Crippen molar-refractivity contribution < 1.29 is 4.39 Å². The molecule has 72 valence electrons. The van der Waals surface area contributed by atoms with Gasteiger partial charge in [-0.2, -0.15) is 5.26 Å². The van der Waals surface area contributed by atoms with E-state index in [4.69, 9.17) is 5.26 Å². The lowest BCUT2D eigenvalue weighted by atomic mass is 10.0. The Morgan fingerprint density at radius 3 is 3.00 bits per heavy atom. The summed E-state index contributed by atoms with van der Waals surface area (Å²) >= 11 is 0. The van der Waals surface area contributed by atoms with Crippen LogP contribution in [0.5, 0.6) is 0 Å². The molecule has 2 rings (SSSR count). The zero-order chi connectivity index (χ0) is 9.97. The topological polar surface area (TPSA) is 35.8 Å². The van der Waals surface area contributed by atoms with Crippen molar-refractivity contribution in [2.75, 3.05) is 6.54 Å². The van der Waals surface area contributed by atoms with Gasteiger partial charge in [-0.1, -0.05) is 6.07 Å². The summed E-state index contributed by atoms with van der Waals surface area (Å²) in [4.78, 5) is 0. The van der Waals surface area contributed by atoms with Gasteiger partial charge in [0.25, 0.3) is 0 Å². The first-order valence-electron chi connectivity index (χ1n) is 4.74. The second kappa shape index (κ2) is 3.77. The fourth-order valence-electron chi connectivity index (χ4n) is 1.81. The Bertz CT molecular complexity index is 375. The first-order chi connectivity index (χ1) is 6.81. The van der Waals surface area contributed by atoms with Crippen LogP contribution in [-0.2, 0) is 0 Å². The SMILES string of the molecule is N#Cc1cc([C@H]2CCCN2)ccc1F. The maximum Gasteiger partial charge on any atom is 0.140 e. The maximum absolute atomic E-state index is 13.0. The van der Waals surface area contributed by atoms with E-state index >= 15 is 0 Å². The molecule has 1 heterocycles. The highest BCUT2D eigenvalue weighted by molar-refractivity contribution is 5.35. The largest absolute Gasteiger partial charge is 0.310 e. The van der Waals surface area contributed by atoms with Crippen molar-refractivity contribution in [2.24, 2.45) is 0 Å². The van der Waals surface area contributed by atoms with Gasteiger partial charge in [0.05, 0.1) is 5.56 Å². The zero-order valence-electron chi connectivity index (χ0n) is 7.76. The number of hydrogen-bond acceptors (Lipinski definition) is 2. The lowest BCUT2D eigenvalue weighted by Gasteiger charge is -2.10. The molecule has 0 saturated carbocycles. The molecular formula is C11H11FN2. The summed E-state index contributed by atoms with van der Waals surface area (Å²) in [5.74, 6) is -0.436. The standard InChI is InChI=1S/C11H11FN2/c12-10-4-3-8(6-9(10)7-13)11-2-1-5-14-11/h3-4,6,11,14H,1-2,5H2/t11-/m1/s1. The highest BCUT2D eigenvalue weighted by Crippen LogP contribution is 2.24. The fourth-order valence-corrected chi connectivity index (χ4v) is 1.81. The minimum atomic E-state index is -0.436. The second-order valence-corrected chi connectivity index (χ2v) is 3.50. The van der Waals surface area contributed by atoms with Gasteiger partial charge in [0.15, 0.2) is 0 Å². The molecule has 0 aliphatic carbocycles. The van der Waals surface area contributed by atoms with E-state index in [9.17, 15) is 4.39 Å². The van der Waals surface area contributed by atoms with Crippen molar-refractivity contribution in [1.29, 1.82) is 5.26 Å². The van der Waals surface area contributed by atoms with E-state index in [2.05, 4.69) is 5.32 Å².